The van der Waals surface area contributed by atoms with Crippen molar-refractivity contribution in [2.75, 3.05) is 24.5 Å². The molecule has 1 saturated heterocycles. The Balaban J connectivity index is 1.64. The molecule has 0 aliphatic carbocycles. The molecule has 1 fully saturated rings. The average Bonchev–Trinajstić information content (AvgIpc) is 2.80. The fraction of sp³-hybridized carbons (Fsp3) is 0.615. The van der Waals surface area contributed by atoms with Gasteiger partial charge >= 0.3 is 0 Å². The van der Waals surface area contributed by atoms with Crippen molar-refractivity contribution in [3.8, 4) is 0 Å². The second-order valence-electron chi connectivity index (χ2n) is 5.33. The third kappa shape index (κ3) is 2.53. The van der Waals surface area contributed by atoms with Crippen LogP contribution in [0.15, 0.2) is 6.33 Å². The van der Waals surface area contributed by atoms with Crippen molar-refractivity contribution in [3.63, 3.8) is 0 Å². The van der Waals surface area contributed by atoms with Gasteiger partial charge < -0.3 is 10.2 Å². The molecule has 0 atom stereocenters. The van der Waals surface area contributed by atoms with Crippen LogP contribution >= 0.6 is 0 Å². The summed E-state index contributed by atoms with van der Waals surface area (Å²) in [6, 6.07) is 0. The molecule has 0 unspecified atom stereocenters. The molecular weight excluding hydrogens is 270 g/mol. The van der Waals surface area contributed by atoms with E-state index < -0.39 is 0 Å². The first kappa shape index (κ1) is 13.7. The fourth-order valence-electron chi connectivity index (χ4n) is 2.42. The van der Waals surface area contributed by atoms with Gasteiger partial charge in [-0.3, -0.25) is 4.79 Å². The summed E-state index contributed by atoms with van der Waals surface area (Å²) in [7, 11) is 1.80. The van der Waals surface area contributed by atoms with Gasteiger partial charge in [0.1, 0.15) is 6.33 Å². The summed E-state index contributed by atoms with van der Waals surface area (Å²) in [5.74, 6) is 0.915. The minimum Gasteiger partial charge on any atom is -0.356 e. The molecule has 1 aliphatic heterocycles. The van der Waals surface area contributed by atoms with Gasteiger partial charge in [-0.1, -0.05) is 18.6 Å². The molecule has 112 valence electrons. The Morgan fingerprint density at radius 2 is 2.24 bits per heavy atom. The second kappa shape index (κ2) is 5.63. The monoisotopic (exact) mass is 289 g/mol. The van der Waals surface area contributed by atoms with Crippen molar-refractivity contribution < 1.29 is 4.79 Å². The van der Waals surface area contributed by atoms with Crippen LogP contribution in [0.1, 0.15) is 19.8 Å². The van der Waals surface area contributed by atoms with Gasteiger partial charge in [0.05, 0.1) is 5.92 Å². The van der Waals surface area contributed by atoms with Crippen LogP contribution in [0.2, 0.25) is 0 Å². The zero-order valence-corrected chi connectivity index (χ0v) is 12.3. The Hall–Kier alpha value is -2.25. The quantitative estimate of drug-likeness (QED) is 0.786. The molecule has 0 radical (unpaired) electrons. The summed E-state index contributed by atoms with van der Waals surface area (Å²) in [5, 5.41) is 11.0. The van der Waals surface area contributed by atoms with Crippen molar-refractivity contribution in [2.24, 2.45) is 13.0 Å². The number of fused-ring (bicyclic) bond motifs is 1. The predicted molar refractivity (Wildman–Crippen MR) is 77.7 cm³/mol. The molecule has 0 bridgehead atoms. The zero-order valence-electron chi connectivity index (χ0n) is 12.3. The van der Waals surface area contributed by atoms with E-state index in [9.17, 15) is 4.79 Å². The van der Waals surface area contributed by atoms with Gasteiger partial charge in [0, 0.05) is 26.7 Å². The lowest BCUT2D eigenvalue weighted by atomic mass is 9.99. The molecule has 2 aromatic rings. The van der Waals surface area contributed by atoms with Crippen molar-refractivity contribution in [1.82, 2.24) is 30.3 Å². The Morgan fingerprint density at radius 3 is 3.00 bits per heavy atom. The number of nitrogens with zero attached hydrogens (tertiary/aromatic N) is 6. The number of carbonyl (C=O) groups is 1. The standard InChI is InChI=1S/C13H19N7O/c1-3-4-5-14-13(21)9-6-20(7-9)12-10-11(15-8-16-12)19(2)18-17-10/h8-9H,3-7H2,1-2H3,(H,14,21). The summed E-state index contributed by atoms with van der Waals surface area (Å²) in [5.41, 5.74) is 1.39. The van der Waals surface area contributed by atoms with Crippen LogP contribution in [0.5, 0.6) is 0 Å². The maximum Gasteiger partial charge on any atom is 0.226 e. The molecule has 1 N–H and O–H groups in total. The zero-order chi connectivity index (χ0) is 14.8. The first-order valence-electron chi connectivity index (χ1n) is 7.23. The van der Waals surface area contributed by atoms with Gasteiger partial charge in [-0.15, -0.1) is 5.10 Å². The summed E-state index contributed by atoms with van der Waals surface area (Å²) in [6.07, 6.45) is 3.62. The molecule has 0 aromatic carbocycles. The molecule has 8 heteroatoms. The second-order valence-corrected chi connectivity index (χ2v) is 5.33. The lowest BCUT2D eigenvalue weighted by molar-refractivity contribution is -0.125. The van der Waals surface area contributed by atoms with E-state index in [1.807, 2.05) is 4.90 Å². The van der Waals surface area contributed by atoms with E-state index in [1.165, 1.54) is 6.33 Å². The maximum absolute atomic E-state index is 11.9. The number of rotatable bonds is 5. The minimum absolute atomic E-state index is 0.0311. The first-order valence-corrected chi connectivity index (χ1v) is 7.23. The number of anilines is 1. The predicted octanol–water partition coefficient (Wildman–Crippen LogP) is 0.111. The molecule has 1 aliphatic rings. The fourth-order valence-corrected chi connectivity index (χ4v) is 2.42. The number of aromatic nitrogens is 5. The number of carbonyl (C=O) groups excluding carboxylic acids is 1. The van der Waals surface area contributed by atoms with E-state index in [0.29, 0.717) is 24.3 Å². The topological polar surface area (TPSA) is 88.8 Å². The van der Waals surface area contributed by atoms with Crippen LogP contribution in [-0.4, -0.2) is 50.5 Å². The highest BCUT2D eigenvalue weighted by Crippen LogP contribution is 2.27. The third-order valence-electron chi connectivity index (χ3n) is 3.75. The normalized spacial score (nSPS) is 15.2. The summed E-state index contributed by atoms with van der Waals surface area (Å²) in [6.45, 7) is 4.20. The van der Waals surface area contributed by atoms with Crippen LogP contribution in [0.25, 0.3) is 11.2 Å². The molecule has 1 amide bonds. The molecule has 0 spiro atoms. The van der Waals surface area contributed by atoms with E-state index in [-0.39, 0.29) is 11.8 Å². The Bertz CT molecular complexity index is 647. The van der Waals surface area contributed by atoms with E-state index in [2.05, 4.69) is 32.5 Å². The van der Waals surface area contributed by atoms with Crippen molar-refractivity contribution >= 4 is 22.9 Å². The highest BCUT2D eigenvalue weighted by molar-refractivity contribution is 5.86. The molecule has 3 heterocycles. The van der Waals surface area contributed by atoms with Gasteiger partial charge in [-0.25, -0.2) is 14.6 Å². The van der Waals surface area contributed by atoms with E-state index in [0.717, 1.165) is 25.2 Å². The van der Waals surface area contributed by atoms with Gasteiger partial charge in [-0.05, 0) is 6.42 Å². The van der Waals surface area contributed by atoms with Gasteiger partial charge in [-0.2, -0.15) is 0 Å². The Morgan fingerprint density at radius 1 is 1.43 bits per heavy atom. The number of amides is 1. The number of aryl methyl sites for hydroxylation is 1. The molecular formula is C13H19N7O. The molecule has 21 heavy (non-hydrogen) atoms. The van der Waals surface area contributed by atoms with Crippen LogP contribution in [0.4, 0.5) is 5.82 Å². The average molecular weight is 289 g/mol. The smallest absolute Gasteiger partial charge is 0.226 e. The highest BCUT2D eigenvalue weighted by atomic mass is 16.2. The van der Waals surface area contributed by atoms with E-state index in [4.69, 9.17) is 0 Å². The maximum atomic E-state index is 11.9. The lowest BCUT2D eigenvalue weighted by Crippen LogP contribution is -2.54. The van der Waals surface area contributed by atoms with Crippen molar-refractivity contribution in [3.05, 3.63) is 6.33 Å². The van der Waals surface area contributed by atoms with Crippen LogP contribution in [-0.2, 0) is 11.8 Å². The summed E-state index contributed by atoms with van der Waals surface area (Å²) < 4.78 is 1.62. The van der Waals surface area contributed by atoms with Crippen LogP contribution in [0.3, 0.4) is 0 Å². The number of nitrogens with one attached hydrogen (secondary N) is 1. The van der Waals surface area contributed by atoms with Crippen LogP contribution in [0, 0.1) is 5.92 Å². The van der Waals surface area contributed by atoms with Crippen LogP contribution < -0.4 is 10.2 Å². The van der Waals surface area contributed by atoms with Crippen molar-refractivity contribution in [1.29, 1.82) is 0 Å². The van der Waals surface area contributed by atoms with Crippen molar-refractivity contribution in [2.45, 2.75) is 19.8 Å². The SMILES string of the molecule is CCCCNC(=O)C1CN(c2ncnc3c2nnn3C)C1. The first-order chi connectivity index (χ1) is 10.2. The van der Waals surface area contributed by atoms with Gasteiger partial charge in [0.2, 0.25) is 5.91 Å². The number of hydrogen-bond acceptors (Lipinski definition) is 6. The van der Waals surface area contributed by atoms with E-state index >= 15 is 0 Å². The van der Waals surface area contributed by atoms with Gasteiger partial charge in [0.25, 0.3) is 0 Å². The van der Waals surface area contributed by atoms with Gasteiger partial charge in [0.15, 0.2) is 17.0 Å². The number of hydrogen-bond donors (Lipinski definition) is 1. The van der Waals surface area contributed by atoms with E-state index in [1.54, 1.807) is 11.7 Å². The molecule has 3 rings (SSSR count). The third-order valence-corrected chi connectivity index (χ3v) is 3.75. The molecule has 0 saturated carbocycles. The lowest BCUT2D eigenvalue weighted by Gasteiger charge is -2.38. The largest absolute Gasteiger partial charge is 0.356 e. The summed E-state index contributed by atoms with van der Waals surface area (Å²) >= 11 is 0. The number of unbranched alkanes of at least 4 members (excludes halogenated alkanes) is 1. The summed E-state index contributed by atoms with van der Waals surface area (Å²) in [4.78, 5) is 22.4. The highest BCUT2D eigenvalue weighted by Gasteiger charge is 2.34. The molecule has 2 aromatic heterocycles. The molecule has 8 nitrogen and oxygen atoms in total. The minimum atomic E-state index is 0.0311. The Kier molecular flexibility index (Phi) is 3.68. The Labute approximate surface area is 122 Å².